The number of benzene rings is 2. The summed E-state index contributed by atoms with van der Waals surface area (Å²) in [6.07, 6.45) is 0.630. The summed E-state index contributed by atoms with van der Waals surface area (Å²) in [5.41, 5.74) is 4.71. The maximum Gasteiger partial charge on any atom is 0.294 e. The van der Waals surface area contributed by atoms with E-state index in [1.54, 1.807) is 19.4 Å². The predicted molar refractivity (Wildman–Crippen MR) is 128 cm³/mol. The van der Waals surface area contributed by atoms with Gasteiger partial charge in [-0.15, -0.1) is 21.5 Å². The fourth-order valence-corrected chi connectivity index (χ4v) is 4.90. The van der Waals surface area contributed by atoms with Gasteiger partial charge in [0, 0.05) is 11.8 Å². The lowest BCUT2D eigenvalue weighted by atomic mass is 10.1. The van der Waals surface area contributed by atoms with Crippen molar-refractivity contribution in [1.29, 1.82) is 0 Å². The number of aromatic nitrogens is 4. The van der Waals surface area contributed by atoms with Crippen molar-refractivity contribution in [2.75, 3.05) is 13.7 Å². The molecule has 10 heteroatoms. The van der Waals surface area contributed by atoms with Gasteiger partial charge in [-0.25, -0.2) is 10.5 Å². The molecule has 33 heavy (non-hydrogen) atoms. The molecule has 2 aromatic heterocycles. The second kappa shape index (κ2) is 11.1. The Kier molecular flexibility index (Phi) is 7.71. The number of thiazole rings is 1. The van der Waals surface area contributed by atoms with Gasteiger partial charge in [0.15, 0.2) is 5.16 Å². The number of methoxy groups -OCH3 is 1. The van der Waals surface area contributed by atoms with Gasteiger partial charge in [0.05, 0.1) is 25.2 Å². The second-order valence-corrected chi connectivity index (χ2v) is 8.73. The van der Waals surface area contributed by atoms with Gasteiger partial charge in [0.1, 0.15) is 22.3 Å². The Morgan fingerprint density at radius 3 is 2.70 bits per heavy atom. The Hall–Kier alpha value is -3.21. The monoisotopic (exact) mass is 481 g/mol. The molecular formula is C23H23N5O3S2. The average Bonchev–Trinajstić information content (AvgIpc) is 3.49. The third-order valence-electron chi connectivity index (χ3n) is 4.65. The van der Waals surface area contributed by atoms with Crippen LogP contribution >= 0.6 is 23.1 Å². The third kappa shape index (κ3) is 5.59. The highest BCUT2D eigenvalue weighted by Crippen LogP contribution is 2.31. The van der Waals surface area contributed by atoms with E-state index in [4.69, 9.17) is 9.57 Å². The highest BCUT2D eigenvalue weighted by atomic mass is 32.2. The molecule has 1 N–H and O–H groups in total. The van der Waals surface area contributed by atoms with Crippen molar-refractivity contribution in [3.63, 3.8) is 0 Å². The van der Waals surface area contributed by atoms with Gasteiger partial charge in [-0.2, -0.15) is 0 Å². The number of nitrogens with zero attached hydrogens (tertiary/aromatic N) is 4. The highest BCUT2D eigenvalue weighted by Gasteiger charge is 2.19. The van der Waals surface area contributed by atoms with Crippen molar-refractivity contribution < 1.29 is 14.4 Å². The van der Waals surface area contributed by atoms with E-state index in [0.29, 0.717) is 24.5 Å². The van der Waals surface area contributed by atoms with E-state index in [-0.39, 0.29) is 5.91 Å². The molecule has 0 saturated carbocycles. The van der Waals surface area contributed by atoms with Gasteiger partial charge < -0.3 is 4.74 Å². The molecule has 0 saturated heterocycles. The number of hydroxylamine groups is 1. The number of para-hydroxylation sites is 2. The summed E-state index contributed by atoms with van der Waals surface area (Å²) >= 11 is 2.93. The number of amides is 1. The zero-order valence-corrected chi connectivity index (χ0v) is 19.9. The predicted octanol–water partition coefficient (Wildman–Crippen LogP) is 4.30. The Morgan fingerprint density at radius 2 is 1.91 bits per heavy atom. The van der Waals surface area contributed by atoms with Crippen LogP contribution in [0.25, 0.3) is 5.69 Å². The smallest absolute Gasteiger partial charge is 0.294 e. The first-order valence-corrected chi connectivity index (χ1v) is 12.2. The Morgan fingerprint density at radius 1 is 1.12 bits per heavy atom. The average molecular weight is 482 g/mol. The summed E-state index contributed by atoms with van der Waals surface area (Å²) in [4.78, 5) is 21.4. The van der Waals surface area contributed by atoms with Crippen molar-refractivity contribution in [3.8, 4) is 11.4 Å². The first-order valence-electron chi connectivity index (χ1n) is 10.3. The minimum absolute atomic E-state index is 0.333. The van der Waals surface area contributed by atoms with Crippen LogP contribution in [0.2, 0.25) is 0 Å². The number of hydrogen-bond donors (Lipinski definition) is 1. The van der Waals surface area contributed by atoms with Crippen LogP contribution in [0.15, 0.2) is 65.1 Å². The molecule has 0 radical (unpaired) electrons. The van der Waals surface area contributed by atoms with Crippen molar-refractivity contribution in [2.24, 2.45) is 0 Å². The SMILES string of the molecule is CCONC(=O)c1csc(CSc2nnc(Cc3ccccc3)n2-c2ccccc2OC)n1. The standard InChI is InChI=1S/C23H23N5O3S2/c1-3-31-27-22(29)17-14-32-21(24-17)15-33-23-26-25-20(13-16-9-5-4-6-10-16)28(23)18-11-7-8-12-19(18)30-2/h4-12,14H,3,13,15H2,1-2H3,(H,27,29). The molecule has 4 aromatic rings. The van der Waals surface area contributed by atoms with Crippen LogP contribution in [0.4, 0.5) is 0 Å². The van der Waals surface area contributed by atoms with Crippen molar-refractivity contribution in [3.05, 3.63) is 82.1 Å². The molecule has 0 atom stereocenters. The highest BCUT2D eigenvalue weighted by molar-refractivity contribution is 7.98. The summed E-state index contributed by atoms with van der Waals surface area (Å²) in [5.74, 6) is 1.74. The first kappa shape index (κ1) is 23.0. The molecule has 1 amide bonds. The molecule has 0 aliphatic heterocycles. The lowest BCUT2D eigenvalue weighted by molar-refractivity contribution is 0.0360. The van der Waals surface area contributed by atoms with E-state index in [1.807, 2.05) is 47.0 Å². The van der Waals surface area contributed by atoms with Crippen LogP contribution < -0.4 is 10.2 Å². The number of rotatable bonds is 10. The van der Waals surface area contributed by atoms with E-state index in [1.165, 1.54) is 23.1 Å². The number of thioether (sulfide) groups is 1. The number of ether oxygens (including phenoxy) is 1. The van der Waals surface area contributed by atoms with E-state index < -0.39 is 0 Å². The number of carbonyl (C=O) groups excluding carboxylic acids is 1. The summed E-state index contributed by atoms with van der Waals surface area (Å²) in [5, 5.41) is 12.2. The number of carbonyl (C=O) groups is 1. The fourth-order valence-electron chi connectivity index (χ4n) is 3.14. The van der Waals surface area contributed by atoms with Crippen LogP contribution in [0.5, 0.6) is 5.75 Å². The number of hydrogen-bond acceptors (Lipinski definition) is 8. The quantitative estimate of drug-likeness (QED) is 0.267. The molecule has 4 rings (SSSR count). The maximum absolute atomic E-state index is 12.0. The molecular weight excluding hydrogens is 458 g/mol. The number of nitrogens with one attached hydrogen (secondary N) is 1. The summed E-state index contributed by atoms with van der Waals surface area (Å²) < 4.78 is 7.62. The second-order valence-electron chi connectivity index (χ2n) is 6.85. The molecule has 170 valence electrons. The zero-order chi connectivity index (χ0) is 23.0. The van der Waals surface area contributed by atoms with Crippen LogP contribution in [-0.4, -0.2) is 39.4 Å². The molecule has 0 aliphatic rings. The summed E-state index contributed by atoms with van der Waals surface area (Å²) in [6, 6.07) is 17.9. The molecule has 2 heterocycles. The molecule has 8 nitrogen and oxygen atoms in total. The van der Waals surface area contributed by atoms with Gasteiger partial charge in [-0.05, 0) is 24.6 Å². The van der Waals surface area contributed by atoms with Gasteiger partial charge in [0.25, 0.3) is 5.91 Å². The van der Waals surface area contributed by atoms with E-state index in [2.05, 4.69) is 32.8 Å². The van der Waals surface area contributed by atoms with E-state index in [9.17, 15) is 4.79 Å². The molecule has 0 unspecified atom stereocenters. The van der Waals surface area contributed by atoms with Crippen LogP contribution in [0.3, 0.4) is 0 Å². The van der Waals surface area contributed by atoms with Crippen molar-refractivity contribution in [2.45, 2.75) is 24.3 Å². The molecule has 0 fully saturated rings. The summed E-state index contributed by atoms with van der Waals surface area (Å²) in [6.45, 7) is 2.19. The topological polar surface area (TPSA) is 91.2 Å². The lowest BCUT2D eigenvalue weighted by Gasteiger charge is -2.13. The van der Waals surface area contributed by atoms with Crippen LogP contribution in [0, 0.1) is 0 Å². The van der Waals surface area contributed by atoms with E-state index >= 15 is 0 Å². The first-order chi connectivity index (χ1) is 16.2. The minimum atomic E-state index is -0.355. The van der Waals surface area contributed by atoms with Gasteiger partial charge in [0.2, 0.25) is 0 Å². The van der Waals surface area contributed by atoms with Crippen molar-refractivity contribution in [1.82, 2.24) is 25.2 Å². The molecule has 2 aromatic carbocycles. The Labute approximate surface area is 199 Å². The molecule has 0 aliphatic carbocycles. The van der Waals surface area contributed by atoms with Gasteiger partial charge >= 0.3 is 0 Å². The Balaban J connectivity index is 1.59. The zero-order valence-electron chi connectivity index (χ0n) is 18.2. The largest absolute Gasteiger partial charge is 0.495 e. The minimum Gasteiger partial charge on any atom is -0.495 e. The maximum atomic E-state index is 12.0. The van der Waals surface area contributed by atoms with Crippen LogP contribution in [-0.2, 0) is 17.0 Å². The molecule has 0 spiro atoms. The van der Waals surface area contributed by atoms with Crippen molar-refractivity contribution >= 4 is 29.0 Å². The van der Waals surface area contributed by atoms with Gasteiger partial charge in [-0.1, -0.05) is 54.2 Å². The third-order valence-corrected chi connectivity index (χ3v) is 6.62. The van der Waals surface area contributed by atoms with E-state index in [0.717, 1.165) is 33.0 Å². The summed E-state index contributed by atoms with van der Waals surface area (Å²) in [7, 11) is 1.65. The fraction of sp³-hybridized carbons (Fsp3) is 0.217. The lowest BCUT2D eigenvalue weighted by Crippen LogP contribution is -2.23. The Bertz CT molecular complexity index is 1210. The van der Waals surface area contributed by atoms with Gasteiger partial charge in [-0.3, -0.25) is 14.2 Å². The normalized spacial score (nSPS) is 10.8. The van der Waals surface area contributed by atoms with Crippen LogP contribution in [0.1, 0.15) is 33.8 Å². The molecule has 0 bridgehead atoms.